The van der Waals surface area contributed by atoms with Crippen LogP contribution in [0.25, 0.3) is 0 Å². The summed E-state index contributed by atoms with van der Waals surface area (Å²) in [5, 5.41) is 0. The molecular weight excluding hydrogens is 389 g/mol. The molecular formula is C14H21BrFN3O3S. The fraction of sp³-hybridized carbons (Fsp3) is 0.571. The second-order valence-corrected chi connectivity index (χ2v) is 9.08. The van der Waals surface area contributed by atoms with Gasteiger partial charge in [-0.05, 0) is 24.0 Å². The quantitative estimate of drug-likeness (QED) is 0.585. The number of rotatable bonds is 4. The smallest absolute Gasteiger partial charge is 0.246 e. The molecule has 0 radical (unpaired) electrons. The van der Waals surface area contributed by atoms with E-state index in [1.54, 1.807) is 0 Å². The van der Waals surface area contributed by atoms with E-state index in [0.29, 0.717) is 17.4 Å². The maximum absolute atomic E-state index is 14.0. The van der Waals surface area contributed by atoms with Gasteiger partial charge < -0.3 is 4.74 Å². The fourth-order valence-electron chi connectivity index (χ4n) is 2.89. The molecule has 0 amide bonds. The van der Waals surface area contributed by atoms with Crippen molar-refractivity contribution in [2.24, 2.45) is 11.3 Å². The summed E-state index contributed by atoms with van der Waals surface area (Å²) >= 11 is 3.13. The SMILES string of the molecule is COc1c(F)cc(Br)cc1S(=O)(=O)N1CCC(NN)C(C)(C)C1. The predicted octanol–water partition coefficient (Wildman–Crippen LogP) is 1.85. The molecule has 3 N–H and O–H groups in total. The number of methoxy groups -OCH3 is 1. The molecule has 1 aliphatic heterocycles. The number of hydrogen-bond donors (Lipinski definition) is 2. The number of sulfonamides is 1. The van der Waals surface area contributed by atoms with Crippen LogP contribution in [0.4, 0.5) is 4.39 Å². The van der Waals surface area contributed by atoms with Gasteiger partial charge in [0, 0.05) is 23.6 Å². The average Bonchev–Trinajstić information content (AvgIpc) is 2.45. The Morgan fingerprint density at radius 1 is 1.48 bits per heavy atom. The third kappa shape index (κ3) is 3.53. The summed E-state index contributed by atoms with van der Waals surface area (Å²) in [5.74, 6) is 4.54. The molecule has 1 aromatic rings. The Kier molecular flexibility index (Phi) is 5.37. The van der Waals surface area contributed by atoms with Gasteiger partial charge in [0.1, 0.15) is 4.90 Å². The Morgan fingerprint density at radius 2 is 2.13 bits per heavy atom. The molecule has 9 heteroatoms. The van der Waals surface area contributed by atoms with E-state index >= 15 is 0 Å². The molecule has 2 rings (SSSR count). The first-order valence-corrected chi connectivity index (χ1v) is 9.36. The van der Waals surface area contributed by atoms with E-state index in [9.17, 15) is 12.8 Å². The van der Waals surface area contributed by atoms with Crippen molar-refractivity contribution in [2.45, 2.75) is 31.2 Å². The Bertz CT molecular complexity index is 697. The van der Waals surface area contributed by atoms with Crippen molar-refractivity contribution in [2.75, 3.05) is 20.2 Å². The number of nitrogens with zero attached hydrogens (tertiary/aromatic N) is 1. The predicted molar refractivity (Wildman–Crippen MR) is 88.9 cm³/mol. The van der Waals surface area contributed by atoms with Crippen LogP contribution >= 0.6 is 15.9 Å². The number of piperidine rings is 1. The number of nitrogens with two attached hydrogens (primary N) is 1. The van der Waals surface area contributed by atoms with Crippen molar-refractivity contribution in [1.82, 2.24) is 9.73 Å². The largest absolute Gasteiger partial charge is 0.492 e. The highest BCUT2D eigenvalue weighted by atomic mass is 79.9. The summed E-state index contributed by atoms with van der Waals surface area (Å²) in [6.45, 7) is 4.47. The lowest BCUT2D eigenvalue weighted by Crippen LogP contribution is -2.57. The highest BCUT2D eigenvalue weighted by molar-refractivity contribution is 9.10. The molecule has 0 aromatic heterocycles. The van der Waals surface area contributed by atoms with Crippen LogP contribution in [0.2, 0.25) is 0 Å². The van der Waals surface area contributed by atoms with Gasteiger partial charge >= 0.3 is 0 Å². The lowest BCUT2D eigenvalue weighted by Gasteiger charge is -2.43. The minimum absolute atomic E-state index is 0.00934. The first-order chi connectivity index (χ1) is 10.6. The van der Waals surface area contributed by atoms with Crippen LogP contribution in [0.3, 0.4) is 0 Å². The zero-order valence-corrected chi connectivity index (χ0v) is 15.7. The summed E-state index contributed by atoms with van der Waals surface area (Å²) in [6, 6.07) is 2.54. The van der Waals surface area contributed by atoms with E-state index in [-0.39, 0.29) is 28.6 Å². The summed E-state index contributed by atoms with van der Waals surface area (Å²) in [6.07, 6.45) is 0.571. The molecule has 1 saturated heterocycles. The van der Waals surface area contributed by atoms with Crippen LogP contribution in [0.1, 0.15) is 20.3 Å². The molecule has 1 unspecified atom stereocenters. The summed E-state index contributed by atoms with van der Waals surface area (Å²) in [4.78, 5) is -0.179. The molecule has 0 aliphatic carbocycles. The number of hydrazine groups is 1. The van der Waals surface area contributed by atoms with E-state index < -0.39 is 15.8 Å². The van der Waals surface area contributed by atoms with Gasteiger partial charge in [0.25, 0.3) is 0 Å². The Morgan fingerprint density at radius 3 is 2.65 bits per heavy atom. The van der Waals surface area contributed by atoms with Gasteiger partial charge in [0.05, 0.1) is 7.11 Å². The lowest BCUT2D eigenvalue weighted by atomic mass is 9.80. The first-order valence-electron chi connectivity index (χ1n) is 7.13. The van der Waals surface area contributed by atoms with Crippen molar-refractivity contribution in [3.05, 3.63) is 22.4 Å². The van der Waals surface area contributed by atoms with Gasteiger partial charge in [0.2, 0.25) is 10.0 Å². The van der Waals surface area contributed by atoms with Crippen molar-refractivity contribution >= 4 is 26.0 Å². The summed E-state index contributed by atoms with van der Waals surface area (Å²) in [7, 11) is -2.63. The highest BCUT2D eigenvalue weighted by Crippen LogP contribution is 2.36. The van der Waals surface area contributed by atoms with E-state index in [4.69, 9.17) is 10.6 Å². The normalized spacial score (nSPS) is 22.1. The second kappa shape index (κ2) is 6.64. The molecule has 1 aliphatic rings. The first kappa shape index (κ1) is 18.6. The Labute approximate surface area is 144 Å². The van der Waals surface area contributed by atoms with Gasteiger partial charge in [0.15, 0.2) is 11.6 Å². The molecule has 1 heterocycles. The molecule has 0 spiro atoms. The van der Waals surface area contributed by atoms with Gasteiger partial charge in [-0.15, -0.1) is 0 Å². The molecule has 1 atom stereocenters. The maximum atomic E-state index is 14.0. The van der Waals surface area contributed by atoms with E-state index in [1.807, 2.05) is 13.8 Å². The van der Waals surface area contributed by atoms with Crippen LogP contribution < -0.4 is 16.0 Å². The third-order valence-electron chi connectivity index (χ3n) is 4.19. The number of benzene rings is 1. The van der Waals surface area contributed by atoms with Crippen molar-refractivity contribution in [3.8, 4) is 5.75 Å². The maximum Gasteiger partial charge on any atom is 0.246 e. The van der Waals surface area contributed by atoms with Gasteiger partial charge in [-0.3, -0.25) is 11.3 Å². The zero-order chi connectivity index (χ0) is 17.4. The third-order valence-corrected chi connectivity index (χ3v) is 6.50. The molecule has 130 valence electrons. The number of ether oxygens (including phenoxy) is 1. The standard InChI is InChI=1S/C14H21BrFN3O3S/c1-14(2)8-19(5-4-12(14)18-17)23(20,21)11-7-9(15)6-10(16)13(11)22-3/h6-7,12,18H,4-5,8,17H2,1-3H3. The monoisotopic (exact) mass is 409 g/mol. The second-order valence-electron chi connectivity index (χ2n) is 6.25. The Hall–Kier alpha value is -0.740. The van der Waals surface area contributed by atoms with Crippen molar-refractivity contribution < 1.29 is 17.5 Å². The molecule has 23 heavy (non-hydrogen) atoms. The number of nitrogens with one attached hydrogen (secondary N) is 1. The number of halogens is 2. The average molecular weight is 410 g/mol. The number of hydrogen-bond acceptors (Lipinski definition) is 5. The van der Waals surface area contributed by atoms with Crippen LogP contribution in [-0.2, 0) is 10.0 Å². The Balaban J connectivity index is 2.44. The van der Waals surface area contributed by atoms with Gasteiger partial charge in [-0.1, -0.05) is 29.8 Å². The highest BCUT2D eigenvalue weighted by Gasteiger charge is 2.41. The van der Waals surface area contributed by atoms with E-state index in [2.05, 4.69) is 21.4 Å². The summed E-state index contributed by atoms with van der Waals surface area (Å²) in [5.41, 5.74) is 2.38. The zero-order valence-electron chi connectivity index (χ0n) is 13.3. The van der Waals surface area contributed by atoms with Gasteiger partial charge in [-0.25, -0.2) is 12.8 Å². The minimum Gasteiger partial charge on any atom is -0.492 e. The summed E-state index contributed by atoms with van der Waals surface area (Å²) < 4.78 is 46.6. The van der Waals surface area contributed by atoms with Crippen LogP contribution in [-0.4, -0.2) is 39.0 Å². The molecule has 6 nitrogen and oxygen atoms in total. The molecule has 0 bridgehead atoms. The molecule has 1 fully saturated rings. The van der Waals surface area contributed by atoms with Crippen molar-refractivity contribution in [3.63, 3.8) is 0 Å². The molecule has 1 aromatic carbocycles. The minimum atomic E-state index is -3.88. The van der Waals surface area contributed by atoms with Crippen LogP contribution in [0, 0.1) is 11.2 Å². The van der Waals surface area contributed by atoms with Gasteiger partial charge in [-0.2, -0.15) is 4.31 Å². The lowest BCUT2D eigenvalue weighted by molar-refractivity contribution is 0.130. The topological polar surface area (TPSA) is 84.7 Å². The fourth-order valence-corrected chi connectivity index (χ4v) is 5.29. The van der Waals surface area contributed by atoms with E-state index in [0.717, 1.165) is 0 Å². The van der Waals surface area contributed by atoms with E-state index in [1.165, 1.54) is 23.5 Å². The molecule has 0 saturated carbocycles. The van der Waals surface area contributed by atoms with Crippen molar-refractivity contribution in [1.29, 1.82) is 0 Å². The van der Waals surface area contributed by atoms with Crippen LogP contribution in [0.15, 0.2) is 21.5 Å². The van der Waals surface area contributed by atoms with Crippen LogP contribution in [0.5, 0.6) is 5.75 Å².